The fourth-order valence-electron chi connectivity index (χ4n) is 4.40. The average Bonchev–Trinajstić information content (AvgIpc) is 3.19. The summed E-state index contributed by atoms with van der Waals surface area (Å²) in [6.07, 6.45) is 1.17. The Labute approximate surface area is 199 Å². The molecule has 0 amide bonds. The first-order valence-electron chi connectivity index (χ1n) is 11.3. The molecule has 1 fully saturated rings. The molecule has 0 saturated carbocycles. The molecule has 0 atom stereocenters. The second-order valence-electron chi connectivity index (χ2n) is 8.22. The van der Waals surface area contributed by atoms with Gasteiger partial charge in [-0.15, -0.1) is 0 Å². The number of rotatable bonds is 8. The maximum absolute atomic E-state index is 13.3. The third-order valence-corrected chi connectivity index (χ3v) is 8.19. The van der Waals surface area contributed by atoms with E-state index >= 15 is 0 Å². The first-order valence-corrected chi connectivity index (χ1v) is 12.8. The van der Waals surface area contributed by atoms with Gasteiger partial charge in [0.25, 0.3) is 0 Å². The van der Waals surface area contributed by atoms with Gasteiger partial charge in [0.2, 0.25) is 10.0 Å². The molecule has 1 saturated heterocycles. The Balaban J connectivity index is 1.53. The number of benzene rings is 2. The van der Waals surface area contributed by atoms with Gasteiger partial charge in [-0.1, -0.05) is 30.3 Å². The normalized spacial score (nSPS) is 15.4. The maximum Gasteiger partial charge on any atom is 0.346 e. The summed E-state index contributed by atoms with van der Waals surface area (Å²) in [6.45, 7) is 3.53. The molecule has 0 unspecified atom stereocenters. The zero-order valence-electron chi connectivity index (χ0n) is 19.7. The van der Waals surface area contributed by atoms with Gasteiger partial charge in [-0.3, -0.25) is 4.57 Å². The molecule has 1 aliphatic rings. The molecule has 34 heavy (non-hydrogen) atoms. The van der Waals surface area contributed by atoms with E-state index < -0.39 is 10.0 Å². The second kappa shape index (κ2) is 10.0. The summed E-state index contributed by atoms with van der Waals surface area (Å²) in [5, 5.41) is 4.66. The molecule has 10 heteroatoms. The standard InChI is InChI=1S/C24H30N4O5S/c1-4-27-23(25-28(24(27)29)17-18-8-6-5-7-9-18)19-12-14-26(15-13-19)34(30,31)22-11-10-20(32-2)16-21(22)33-3/h5-11,16,19H,4,12-15,17H2,1-3H3. The number of sulfonamides is 1. The highest BCUT2D eigenvalue weighted by molar-refractivity contribution is 7.89. The van der Waals surface area contributed by atoms with Crippen molar-refractivity contribution in [2.45, 2.75) is 43.7 Å². The Morgan fingerprint density at radius 3 is 2.35 bits per heavy atom. The van der Waals surface area contributed by atoms with Crippen molar-refractivity contribution < 1.29 is 17.9 Å². The van der Waals surface area contributed by atoms with Crippen LogP contribution in [0.15, 0.2) is 58.2 Å². The van der Waals surface area contributed by atoms with Crippen LogP contribution in [0.25, 0.3) is 0 Å². The summed E-state index contributed by atoms with van der Waals surface area (Å²) in [7, 11) is -0.777. The molecule has 2 heterocycles. The van der Waals surface area contributed by atoms with Crippen LogP contribution in [0.2, 0.25) is 0 Å². The number of ether oxygens (including phenoxy) is 2. The van der Waals surface area contributed by atoms with Gasteiger partial charge in [-0.25, -0.2) is 17.9 Å². The molecule has 1 aliphatic heterocycles. The van der Waals surface area contributed by atoms with E-state index in [-0.39, 0.29) is 22.3 Å². The van der Waals surface area contributed by atoms with Crippen LogP contribution in [-0.4, -0.2) is 54.4 Å². The van der Waals surface area contributed by atoms with Gasteiger partial charge >= 0.3 is 5.69 Å². The van der Waals surface area contributed by atoms with Crippen molar-refractivity contribution in [3.05, 3.63) is 70.4 Å². The van der Waals surface area contributed by atoms with Crippen molar-refractivity contribution in [1.29, 1.82) is 0 Å². The third kappa shape index (κ3) is 4.60. The fraction of sp³-hybridized carbons (Fsp3) is 0.417. The lowest BCUT2D eigenvalue weighted by Crippen LogP contribution is -2.38. The Bertz CT molecular complexity index is 1290. The molecule has 3 aromatic rings. The summed E-state index contributed by atoms with van der Waals surface area (Å²) in [5.74, 6) is 1.51. The minimum Gasteiger partial charge on any atom is -0.497 e. The van der Waals surface area contributed by atoms with Crippen molar-refractivity contribution in [2.75, 3.05) is 27.3 Å². The number of hydrogen-bond donors (Lipinski definition) is 0. The molecule has 0 aliphatic carbocycles. The number of hydrogen-bond acceptors (Lipinski definition) is 6. The largest absolute Gasteiger partial charge is 0.497 e. The Hall–Kier alpha value is -3.11. The lowest BCUT2D eigenvalue weighted by atomic mass is 9.97. The quantitative estimate of drug-likeness (QED) is 0.486. The predicted molar refractivity (Wildman–Crippen MR) is 128 cm³/mol. The highest BCUT2D eigenvalue weighted by Crippen LogP contribution is 2.34. The molecule has 182 valence electrons. The van der Waals surface area contributed by atoms with E-state index in [1.165, 1.54) is 29.3 Å². The average molecular weight is 487 g/mol. The number of aromatic nitrogens is 3. The summed E-state index contributed by atoms with van der Waals surface area (Å²) >= 11 is 0. The number of piperidine rings is 1. The summed E-state index contributed by atoms with van der Waals surface area (Å²) in [4.78, 5) is 13.0. The van der Waals surface area contributed by atoms with Crippen LogP contribution < -0.4 is 15.2 Å². The topological polar surface area (TPSA) is 95.7 Å². The second-order valence-corrected chi connectivity index (χ2v) is 10.1. The van der Waals surface area contributed by atoms with Crippen LogP contribution in [-0.2, 0) is 23.1 Å². The number of nitrogens with zero attached hydrogens (tertiary/aromatic N) is 4. The molecular weight excluding hydrogens is 456 g/mol. The van der Waals surface area contributed by atoms with Crippen LogP contribution in [0.3, 0.4) is 0 Å². The van der Waals surface area contributed by atoms with Crippen LogP contribution in [0.5, 0.6) is 11.5 Å². The smallest absolute Gasteiger partial charge is 0.346 e. The van der Waals surface area contributed by atoms with Crippen LogP contribution in [0.1, 0.15) is 37.1 Å². The molecule has 1 aromatic heterocycles. The van der Waals surface area contributed by atoms with Gasteiger partial charge < -0.3 is 9.47 Å². The van der Waals surface area contributed by atoms with E-state index in [9.17, 15) is 13.2 Å². The Morgan fingerprint density at radius 1 is 1.03 bits per heavy atom. The summed E-state index contributed by atoms with van der Waals surface area (Å²) < 4.78 is 41.8. The van der Waals surface area contributed by atoms with Gasteiger partial charge in [0.1, 0.15) is 22.2 Å². The fourth-order valence-corrected chi connectivity index (χ4v) is 6.00. The summed E-state index contributed by atoms with van der Waals surface area (Å²) in [5.41, 5.74) is 0.866. The van der Waals surface area contributed by atoms with Crippen molar-refractivity contribution in [1.82, 2.24) is 18.7 Å². The highest BCUT2D eigenvalue weighted by atomic mass is 32.2. The SMILES string of the molecule is CCn1c(C2CCN(S(=O)(=O)c3ccc(OC)cc3OC)CC2)nn(Cc2ccccc2)c1=O. The van der Waals surface area contributed by atoms with Crippen molar-refractivity contribution in [3.8, 4) is 11.5 Å². The lowest BCUT2D eigenvalue weighted by Gasteiger charge is -2.31. The molecule has 0 N–H and O–H groups in total. The minimum atomic E-state index is -3.74. The first kappa shape index (κ1) is 24.0. The van der Waals surface area contributed by atoms with E-state index in [1.54, 1.807) is 16.7 Å². The van der Waals surface area contributed by atoms with Crippen molar-refractivity contribution in [3.63, 3.8) is 0 Å². The highest BCUT2D eigenvalue weighted by Gasteiger charge is 2.34. The third-order valence-electron chi connectivity index (χ3n) is 6.25. The van der Waals surface area contributed by atoms with Gasteiger partial charge in [-0.05, 0) is 37.5 Å². The molecule has 0 spiro atoms. The van der Waals surface area contributed by atoms with Crippen LogP contribution in [0, 0.1) is 0 Å². The van der Waals surface area contributed by atoms with E-state index in [2.05, 4.69) is 5.10 Å². The van der Waals surface area contributed by atoms with Crippen LogP contribution in [0.4, 0.5) is 0 Å². The van der Waals surface area contributed by atoms with Gasteiger partial charge in [0.15, 0.2) is 0 Å². The monoisotopic (exact) mass is 486 g/mol. The van der Waals surface area contributed by atoms with Crippen molar-refractivity contribution >= 4 is 10.0 Å². The maximum atomic E-state index is 13.3. The molecule has 0 radical (unpaired) electrons. The van der Waals surface area contributed by atoms with Gasteiger partial charge in [0, 0.05) is 31.6 Å². The zero-order valence-corrected chi connectivity index (χ0v) is 20.5. The zero-order chi connectivity index (χ0) is 24.3. The van der Waals surface area contributed by atoms with E-state index in [0.29, 0.717) is 44.8 Å². The van der Waals surface area contributed by atoms with E-state index in [1.807, 2.05) is 37.3 Å². The van der Waals surface area contributed by atoms with Gasteiger partial charge in [0.05, 0.1) is 20.8 Å². The minimum absolute atomic E-state index is 0.00823. The number of methoxy groups -OCH3 is 2. The van der Waals surface area contributed by atoms with E-state index in [4.69, 9.17) is 9.47 Å². The van der Waals surface area contributed by atoms with E-state index in [0.717, 1.165) is 11.4 Å². The first-order chi connectivity index (χ1) is 16.4. The lowest BCUT2D eigenvalue weighted by molar-refractivity contribution is 0.307. The predicted octanol–water partition coefficient (Wildman–Crippen LogP) is 2.70. The molecule has 2 aromatic carbocycles. The molecule has 9 nitrogen and oxygen atoms in total. The molecule has 0 bridgehead atoms. The molecular formula is C24H30N4O5S. The van der Waals surface area contributed by atoms with Crippen LogP contribution >= 0.6 is 0 Å². The Morgan fingerprint density at radius 2 is 1.74 bits per heavy atom. The summed E-state index contributed by atoms with van der Waals surface area (Å²) in [6, 6.07) is 14.4. The Kier molecular flexibility index (Phi) is 7.08. The molecule has 4 rings (SSSR count). The van der Waals surface area contributed by atoms with Crippen molar-refractivity contribution in [2.24, 2.45) is 0 Å². The van der Waals surface area contributed by atoms with Gasteiger partial charge in [-0.2, -0.15) is 9.40 Å².